The topological polar surface area (TPSA) is 78.5 Å². The van der Waals surface area contributed by atoms with Crippen LogP contribution in [0, 0.1) is 5.92 Å². The monoisotopic (exact) mass is 283 g/mol. The molecule has 1 heterocycles. The largest absolute Gasteiger partial charge is 0.355 e. The van der Waals surface area contributed by atoms with Crippen LogP contribution in [0.25, 0.3) is 0 Å². The van der Waals surface area contributed by atoms with Crippen molar-refractivity contribution < 1.29 is 14.4 Å². The number of carbonyl (C=O) groups is 3. The lowest BCUT2D eigenvalue weighted by molar-refractivity contribution is -0.148. The second-order valence-corrected chi connectivity index (χ2v) is 5.74. The Labute approximate surface area is 120 Å². The van der Waals surface area contributed by atoms with Crippen LogP contribution in [0.15, 0.2) is 0 Å². The van der Waals surface area contributed by atoms with Gasteiger partial charge in [-0.1, -0.05) is 13.8 Å². The van der Waals surface area contributed by atoms with Gasteiger partial charge < -0.3 is 5.32 Å². The molecule has 1 aliphatic heterocycles. The Morgan fingerprint density at radius 2 is 2.00 bits per heavy atom. The third kappa shape index (κ3) is 4.59. The van der Waals surface area contributed by atoms with E-state index >= 15 is 0 Å². The van der Waals surface area contributed by atoms with E-state index in [4.69, 9.17) is 0 Å². The van der Waals surface area contributed by atoms with Crippen molar-refractivity contribution in [1.82, 2.24) is 15.5 Å². The Morgan fingerprint density at radius 3 is 2.60 bits per heavy atom. The molecule has 20 heavy (non-hydrogen) atoms. The van der Waals surface area contributed by atoms with Gasteiger partial charge in [0.15, 0.2) is 0 Å². The first-order chi connectivity index (χ1) is 9.32. The van der Waals surface area contributed by atoms with Gasteiger partial charge in [0.25, 0.3) is 0 Å². The normalized spacial score (nSPS) is 21.2. The van der Waals surface area contributed by atoms with Crippen molar-refractivity contribution in [3.8, 4) is 0 Å². The first kappa shape index (κ1) is 16.6. The number of likely N-dealkylation sites (tertiary alicyclic amines) is 1. The number of nitrogens with zero attached hydrogens (tertiary/aromatic N) is 1. The summed E-state index contributed by atoms with van der Waals surface area (Å²) in [5.74, 6) is 0.00122. The van der Waals surface area contributed by atoms with E-state index in [1.807, 2.05) is 0 Å². The van der Waals surface area contributed by atoms with Crippen LogP contribution in [-0.4, -0.2) is 48.3 Å². The molecular weight excluding hydrogens is 258 g/mol. The number of rotatable bonds is 6. The highest BCUT2D eigenvalue weighted by Crippen LogP contribution is 2.12. The molecule has 1 rings (SSSR count). The number of amides is 3. The summed E-state index contributed by atoms with van der Waals surface area (Å²) in [7, 11) is 1.48. The SMILES string of the molecule is CC(C)CCNC(=O)C(C)NC1CCC(=O)N(C)C1=O. The summed E-state index contributed by atoms with van der Waals surface area (Å²) in [6.45, 7) is 6.57. The van der Waals surface area contributed by atoms with Gasteiger partial charge in [0.1, 0.15) is 0 Å². The van der Waals surface area contributed by atoms with Crippen molar-refractivity contribution >= 4 is 17.7 Å². The fraction of sp³-hybridized carbons (Fsp3) is 0.786. The summed E-state index contributed by atoms with van der Waals surface area (Å²) in [4.78, 5) is 36.3. The summed E-state index contributed by atoms with van der Waals surface area (Å²) in [5, 5.41) is 5.85. The van der Waals surface area contributed by atoms with E-state index in [0.717, 1.165) is 11.3 Å². The molecule has 0 aliphatic carbocycles. The lowest BCUT2D eigenvalue weighted by atomic mass is 10.0. The highest BCUT2D eigenvalue weighted by atomic mass is 16.2. The van der Waals surface area contributed by atoms with Crippen LogP contribution in [0.2, 0.25) is 0 Å². The number of imide groups is 1. The lowest BCUT2D eigenvalue weighted by Crippen LogP contribution is -2.56. The molecule has 1 saturated heterocycles. The molecular formula is C14H25N3O3. The quantitative estimate of drug-likeness (QED) is 0.686. The number of hydrogen-bond donors (Lipinski definition) is 2. The third-order valence-electron chi connectivity index (χ3n) is 3.52. The maximum atomic E-state index is 11.9. The molecule has 0 aromatic rings. The van der Waals surface area contributed by atoms with E-state index in [2.05, 4.69) is 24.5 Å². The van der Waals surface area contributed by atoms with Crippen LogP contribution in [0.1, 0.15) is 40.0 Å². The average molecular weight is 283 g/mol. The standard InChI is InChI=1S/C14H25N3O3/c1-9(2)7-8-15-13(19)10(3)16-11-5-6-12(18)17(4)14(11)20/h9-11,16H,5-8H2,1-4H3,(H,15,19). The van der Waals surface area contributed by atoms with Gasteiger partial charge >= 0.3 is 0 Å². The molecule has 6 nitrogen and oxygen atoms in total. The molecule has 2 N–H and O–H groups in total. The van der Waals surface area contributed by atoms with E-state index in [0.29, 0.717) is 25.3 Å². The molecule has 1 aliphatic rings. The van der Waals surface area contributed by atoms with Gasteiger partial charge in [-0.05, 0) is 25.7 Å². The van der Waals surface area contributed by atoms with Crippen molar-refractivity contribution in [2.45, 2.75) is 52.1 Å². The van der Waals surface area contributed by atoms with Gasteiger partial charge in [-0.15, -0.1) is 0 Å². The number of likely N-dealkylation sites (N-methyl/N-ethyl adjacent to an activating group) is 1. The Kier molecular flexibility index (Phi) is 6.13. The van der Waals surface area contributed by atoms with Crippen LogP contribution < -0.4 is 10.6 Å². The van der Waals surface area contributed by atoms with Crippen molar-refractivity contribution in [3.05, 3.63) is 0 Å². The van der Waals surface area contributed by atoms with E-state index in [1.54, 1.807) is 6.92 Å². The van der Waals surface area contributed by atoms with Crippen molar-refractivity contribution in [1.29, 1.82) is 0 Å². The highest BCUT2D eigenvalue weighted by molar-refractivity contribution is 6.00. The van der Waals surface area contributed by atoms with Gasteiger partial charge in [0.05, 0.1) is 12.1 Å². The molecule has 6 heteroatoms. The predicted octanol–water partition coefficient (Wildman–Crippen LogP) is 0.274. The first-order valence-electron chi connectivity index (χ1n) is 7.17. The number of piperidine rings is 1. The lowest BCUT2D eigenvalue weighted by Gasteiger charge is -2.30. The fourth-order valence-corrected chi connectivity index (χ4v) is 2.08. The molecule has 114 valence electrons. The molecule has 0 radical (unpaired) electrons. The Hall–Kier alpha value is -1.43. The maximum absolute atomic E-state index is 11.9. The summed E-state index contributed by atoms with van der Waals surface area (Å²) < 4.78 is 0. The summed E-state index contributed by atoms with van der Waals surface area (Å²) in [6, 6.07) is -0.902. The number of nitrogens with one attached hydrogen (secondary N) is 2. The van der Waals surface area contributed by atoms with Crippen LogP contribution in [0.3, 0.4) is 0 Å². The molecule has 0 aromatic carbocycles. The third-order valence-corrected chi connectivity index (χ3v) is 3.52. The van der Waals surface area contributed by atoms with Gasteiger partial charge in [-0.2, -0.15) is 0 Å². The van der Waals surface area contributed by atoms with Crippen LogP contribution in [-0.2, 0) is 14.4 Å². The second kappa shape index (κ2) is 7.38. The number of carbonyl (C=O) groups excluding carboxylic acids is 3. The fourth-order valence-electron chi connectivity index (χ4n) is 2.08. The smallest absolute Gasteiger partial charge is 0.246 e. The minimum atomic E-state index is -0.455. The minimum Gasteiger partial charge on any atom is -0.355 e. The van der Waals surface area contributed by atoms with Gasteiger partial charge in [0, 0.05) is 20.0 Å². The second-order valence-electron chi connectivity index (χ2n) is 5.74. The van der Waals surface area contributed by atoms with E-state index in [9.17, 15) is 14.4 Å². The van der Waals surface area contributed by atoms with Crippen molar-refractivity contribution in [2.24, 2.45) is 5.92 Å². The number of hydrogen-bond acceptors (Lipinski definition) is 4. The van der Waals surface area contributed by atoms with E-state index in [-0.39, 0.29) is 17.7 Å². The first-order valence-corrected chi connectivity index (χ1v) is 7.17. The molecule has 0 spiro atoms. The zero-order valence-corrected chi connectivity index (χ0v) is 12.7. The Balaban J connectivity index is 2.41. The molecule has 2 atom stereocenters. The Morgan fingerprint density at radius 1 is 1.35 bits per heavy atom. The van der Waals surface area contributed by atoms with Crippen LogP contribution in [0.4, 0.5) is 0 Å². The molecule has 3 amide bonds. The summed E-state index contributed by atoms with van der Waals surface area (Å²) in [5.41, 5.74) is 0. The van der Waals surface area contributed by atoms with E-state index in [1.165, 1.54) is 7.05 Å². The van der Waals surface area contributed by atoms with Crippen LogP contribution >= 0.6 is 0 Å². The van der Waals surface area contributed by atoms with Gasteiger partial charge in [-0.3, -0.25) is 24.6 Å². The van der Waals surface area contributed by atoms with Crippen LogP contribution in [0.5, 0.6) is 0 Å². The maximum Gasteiger partial charge on any atom is 0.246 e. The highest BCUT2D eigenvalue weighted by Gasteiger charge is 2.33. The molecule has 0 saturated carbocycles. The molecule has 2 unspecified atom stereocenters. The average Bonchev–Trinajstić information content (AvgIpc) is 2.38. The Bertz CT molecular complexity index is 382. The van der Waals surface area contributed by atoms with Gasteiger partial charge in [-0.25, -0.2) is 0 Å². The van der Waals surface area contributed by atoms with Gasteiger partial charge in [0.2, 0.25) is 17.7 Å². The molecule has 1 fully saturated rings. The zero-order valence-electron chi connectivity index (χ0n) is 12.7. The van der Waals surface area contributed by atoms with Crippen molar-refractivity contribution in [3.63, 3.8) is 0 Å². The summed E-state index contributed by atoms with van der Waals surface area (Å²) >= 11 is 0. The predicted molar refractivity (Wildman–Crippen MR) is 75.9 cm³/mol. The van der Waals surface area contributed by atoms with Crippen molar-refractivity contribution in [2.75, 3.05) is 13.6 Å². The summed E-state index contributed by atoms with van der Waals surface area (Å²) in [6.07, 6.45) is 1.71. The van der Waals surface area contributed by atoms with E-state index < -0.39 is 12.1 Å². The zero-order chi connectivity index (χ0) is 15.3. The minimum absolute atomic E-state index is 0.113. The molecule has 0 aromatic heterocycles. The molecule has 0 bridgehead atoms.